The number of carbonyl (C=O) groups is 2. The third-order valence-corrected chi connectivity index (χ3v) is 3.85. The molecular formula is C13H21N3O3S. The molecule has 0 aliphatic heterocycles. The Morgan fingerprint density at radius 1 is 1.50 bits per heavy atom. The van der Waals surface area contributed by atoms with E-state index in [4.69, 9.17) is 10.8 Å². The summed E-state index contributed by atoms with van der Waals surface area (Å²) in [5.41, 5.74) is 6.18. The quantitative estimate of drug-likeness (QED) is 0.643. The summed E-state index contributed by atoms with van der Waals surface area (Å²) < 4.78 is 0. The molecule has 0 aliphatic carbocycles. The lowest BCUT2D eigenvalue weighted by molar-refractivity contribution is -0.137. The highest BCUT2D eigenvalue weighted by Crippen LogP contribution is 2.15. The van der Waals surface area contributed by atoms with Gasteiger partial charge in [-0.25, -0.2) is 4.98 Å². The van der Waals surface area contributed by atoms with Gasteiger partial charge in [-0.1, -0.05) is 13.3 Å². The van der Waals surface area contributed by atoms with Crippen molar-refractivity contribution in [2.24, 2.45) is 5.92 Å². The molecule has 1 aromatic rings. The lowest BCUT2D eigenvalue weighted by Gasteiger charge is -2.13. The van der Waals surface area contributed by atoms with Gasteiger partial charge in [0, 0.05) is 18.3 Å². The molecule has 1 aromatic heterocycles. The van der Waals surface area contributed by atoms with Crippen molar-refractivity contribution in [3.05, 3.63) is 11.1 Å². The Balaban J connectivity index is 2.21. The molecule has 1 amide bonds. The van der Waals surface area contributed by atoms with Gasteiger partial charge < -0.3 is 16.2 Å². The van der Waals surface area contributed by atoms with Gasteiger partial charge in [0.1, 0.15) is 0 Å². The molecule has 0 bridgehead atoms. The maximum Gasteiger partial charge on any atom is 0.303 e. The summed E-state index contributed by atoms with van der Waals surface area (Å²) in [6, 6.07) is 0. The maximum atomic E-state index is 11.7. The number of hydrogen-bond donors (Lipinski definition) is 3. The molecule has 112 valence electrons. The zero-order valence-corrected chi connectivity index (χ0v) is 12.4. The fourth-order valence-corrected chi connectivity index (χ4v) is 2.49. The van der Waals surface area contributed by atoms with E-state index in [-0.39, 0.29) is 18.7 Å². The second-order valence-electron chi connectivity index (χ2n) is 4.70. The monoisotopic (exact) mass is 299 g/mol. The minimum absolute atomic E-state index is 0.0802. The number of nitrogens with zero attached hydrogens (tertiary/aromatic N) is 1. The molecule has 7 heteroatoms. The highest BCUT2D eigenvalue weighted by molar-refractivity contribution is 7.13. The zero-order chi connectivity index (χ0) is 15.0. The summed E-state index contributed by atoms with van der Waals surface area (Å²) >= 11 is 1.32. The van der Waals surface area contributed by atoms with Crippen molar-refractivity contribution in [1.82, 2.24) is 10.3 Å². The van der Waals surface area contributed by atoms with Gasteiger partial charge in [-0.15, -0.1) is 11.3 Å². The molecule has 1 heterocycles. The first-order valence-electron chi connectivity index (χ1n) is 6.69. The molecule has 0 aromatic carbocycles. The summed E-state index contributed by atoms with van der Waals surface area (Å²) in [4.78, 5) is 26.2. The first-order valence-corrected chi connectivity index (χ1v) is 7.57. The Labute approximate surface area is 122 Å². The largest absolute Gasteiger partial charge is 0.481 e. The molecule has 0 spiro atoms. The molecule has 0 saturated heterocycles. The van der Waals surface area contributed by atoms with Gasteiger partial charge in [-0.2, -0.15) is 0 Å². The van der Waals surface area contributed by atoms with E-state index in [1.54, 1.807) is 5.38 Å². The number of aromatic nitrogens is 1. The summed E-state index contributed by atoms with van der Waals surface area (Å²) in [5, 5.41) is 13.7. The first kappa shape index (κ1) is 16.4. The molecule has 20 heavy (non-hydrogen) atoms. The van der Waals surface area contributed by atoms with E-state index in [0.29, 0.717) is 29.7 Å². The predicted molar refractivity (Wildman–Crippen MR) is 78.5 cm³/mol. The smallest absolute Gasteiger partial charge is 0.303 e. The molecule has 1 rings (SSSR count). The Morgan fingerprint density at radius 2 is 2.25 bits per heavy atom. The van der Waals surface area contributed by atoms with Crippen LogP contribution in [0, 0.1) is 5.92 Å². The summed E-state index contributed by atoms with van der Waals surface area (Å²) in [7, 11) is 0. The number of carboxylic acids is 1. The van der Waals surface area contributed by atoms with E-state index in [1.807, 2.05) is 6.92 Å². The second kappa shape index (κ2) is 8.52. The van der Waals surface area contributed by atoms with Crippen molar-refractivity contribution >= 4 is 28.3 Å². The minimum Gasteiger partial charge on any atom is -0.481 e. The van der Waals surface area contributed by atoms with Gasteiger partial charge in [0.15, 0.2) is 5.13 Å². The van der Waals surface area contributed by atoms with Crippen LogP contribution in [0.1, 0.15) is 38.3 Å². The number of carboxylic acid groups (broad SMARTS) is 1. The van der Waals surface area contributed by atoms with Crippen LogP contribution >= 0.6 is 11.3 Å². The fraction of sp³-hybridized carbons (Fsp3) is 0.615. The van der Waals surface area contributed by atoms with Crippen LogP contribution in [0.15, 0.2) is 5.38 Å². The lowest BCUT2D eigenvalue weighted by Crippen LogP contribution is -2.27. The van der Waals surface area contributed by atoms with Crippen LogP contribution in [0.2, 0.25) is 0 Å². The first-order chi connectivity index (χ1) is 9.51. The molecule has 0 radical (unpaired) electrons. The van der Waals surface area contributed by atoms with Gasteiger partial charge in [-0.3, -0.25) is 9.59 Å². The van der Waals surface area contributed by atoms with E-state index in [2.05, 4.69) is 10.3 Å². The third kappa shape index (κ3) is 6.51. The van der Waals surface area contributed by atoms with Gasteiger partial charge in [-0.05, 0) is 18.8 Å². The van der Waals surface area contributed by atoms with Crippen LogP contribution < -0.4 is 11.1 Å². The average Bonchev–Trinajstić information content (AvgIpc) is 2.78. The Bertz CT molecular complexity index is 448. The SMILES string of the molecule is CCC(CCNC(=O)Cc1csc(N)n1)CCC(=O)O. The van der Waals surface area contributed by atoms with Crippen molar-refractivity contribution < 1.29 is 14.7 Å². The fourth-order valence-electron chi connectivity index (χ4n) is 1.93. The lowest BCUT2D eigenvalue weighted by atomic mass is 9.96. The van der Waals surface area contributed by atoms with Crippen molar-refractivity contribution in [2.45, 2.75) is 39.0 Å². The molecule has 1 atom stereocenters. The number of nitrogens with two attached hydrogens (primary N) is 1. The number of hydrogen-bond acceptors (Lipinski definition) is 5. The second-order valence-corrected chi connectivity index (χ2v) is 5.59. The molecular weight excluding hydrogens is 278 g/mol. The van der Waals surface area contributed by atoms with Crippen LogP contribution in [0.25, 0.3) is 0 Å². The zero-order valence-electron chi connectivity index (χ0n) is 11.6. The van der Waals surface area contributed by atoms with E-state index >= 15 is 0 Å². The van der Waals surface area contributed by atoms with Gasteiger partial charge >= 0.3 is 5.97 Å². The van der Waals surface area contributed by atoms with Gasteiger partial charge in [0.2, 0.25) is 5.91 Å². The number of nitrogens with one attached hydrogen (secondary N) is 1. The van der Waals surface area contributed by atoms with E-state index < -0.39 is 5.97 Å². The van der Waals surface area contributed by atoms with Crippen molar-refractivity contribution in [1.29, 1.82) is 0 Å². The third-order valence-electron chi connectivity index (χ3n) is 3.13. The standard InChI is InChI=1S/C13H21N3O3S/c1-2-9(3-4-12(18)19)5-6-15-11(17)7-10-8-20-13(14)16-10/h8-9H,2-7H2,1H3,(H2,14,16)(H,15,17)(H,18,19). The number of rotatable bonds is 9. The highest BCUT2D eigenvalue weighted by atomic mass is 32.1. The van der Waals surface area contributed by atoms with Crippen LogP contribution in [0.3, 0.4) is 0 Å². The number of thiazole rings is 1. The van der Waals surface area contributed by atoms with E-state index in [9.17, 15) is 9.59 Å². The molecule has 1 unspecified atom stereocenters. The molecule has 0 fully saturated rings. The average molecular weight is 299 g/mol. The summed E-state index contributed by atoms with van der Waals surface area (Å²) in [6.45, 7) is 2.60. The van der Waals surface area contributed by atoms with Crippen molar-refractivity contribution in [3.8, 4) is 0 Å². The number of aliphatic carboxylic acids is 1. The number of carbonyl (C=O) groups excluding carboxylic acids is 1. The Hall–Kier alpha value is -1.63. The van der Waals surface area contributed by atoms with Crippen molar-refractivity contribution in [3.63, 3.8) is 0 Å². The topological polar surface area (TPSA) is 105 Å². The van der Waals surface area contributed by atoms with E-state index in [0.717, 1.165) is 12.8 Å². The molecule has 4 N–H and O–H groups in total. The van der Waals surface area contributed by atoms with E-state index in [1.165, 1.54) is 11.3 Å². The normalized spacial score (nSPS) is 12.1. The highest BCUT2D eigenvalue weighted by Gasteiger charge is 2.10. The van der Waals surface area contributed by atoms with Crippen LogP contribution in [-0.2, 0) is 16.0 Å². The predicted octanol–water partition coefficient (Wildman–Crippen LogP) is 1.67. The van der Waals surface area contributed by atoms with Gasteiger partial charge in [0.25, 0.3) is 0 Å². The molecule has 6 nitrogen and oxygen atoms in total. The number of nitrogen functional groups attached to an aromatic ring is 1. The molecule has 0 saturated carbocycles. The van der Waals surface area contributed by atoms with Crippen molar-refractivity contribution in [2.75, 3.05) is 12.3 Å². The summed E-state index contributed by atoms with van der Waals surface area (Å²) in [6.07, 6.45) is 2.80. The Kier molecular flexibility index (Phi) is 7.00. The minimum atomic E-state index is -0.770. The van der Waals surface area contributed by atoms with Crippen LogP contribution in [0.4, 0.5) is 5.13 Å². The summed E-state index contributed by atoms with van der Waals surface area (Å²) in [5.74, 6) is -0.515. The molecule has 0 aliphatic rings. The number of anilines is 1. The Morgan fingerprint density at radius 3 is 2.80 bits per heavy atom. The van der Waals surface area contributed by atoms with Crippen LogP contribution in [0.5, 0.6) is 0 Å². The van der Waals surface area contributed by atoms with Crippen LogP contribution in [-0.4, -0.2) is 28.5 Å². The maximum absolute atomic E-state index is 11.7. The number of amides is 1. The van der Waals surface area contributed by atoms with Gasteiger partial charge in [0.05, 0.1) is 12.1 Å².